The van der Waals surface area contributed by atoms with E-state index in [0.717, 1.165) is 18.4 Å². The number of amides is 1. The molecule has 0 aliphatic heterocycles. The Morgan fingerprint density at radius 2 is 1.79 bits per heavy atom. The number of benzene rings is 2. The summed E-state index contributed by atoms with van der Waals surface area (Å²) in [4.78, 5) is 12.7. The van der Waals surface area contributed by atoms with Crippen LogP contribution in [-0.2, 0) is 10.0 Å². The third kappa shape index (κ3) is 3.66. The second kappa shape index (κ2) is 6.75. The van der Waals surface area contributed by atoms with E-state index in [9.17, 15) is 13.2 Å². The standard InChI is InChI=1S/C18H20N2O3S/c1-19-24(22,23)16-9-5-8-15(12-16)18(21)20-17(14-10-11-14)13-6-3-2-4-7-13/h2-9,12,14,17,19H,10-11H2,1H3,(H,20,21). The van der Waals surface area contributed by atoms with Crippen molar-refractivity contribution in [3.63, 3.8) is 0 Å². The fourth-order valence-electron chi connectivity index (χ4n) is 2.71. The van der Waals surface area contributed by atoms with Crippen LogP contribution in [0.25, 0.3) is 0 Å². The summed E-state index contributed by atoms with van der Waals surface area (Å²) in [6.07, 6.45) is 2.18. The maximum Gasteiger partial charge on any atom is 0.251 e. The average Bonchev–Trinajstić information content (AvgIpc) is 3.45. The first-order valence-corrected chi connectivity index (χ1v) is 9.39. The Hall–Kier alpha value is -2.18. The van der Waals surface area contributed by atoms with Crippen molar-refractivity contribution in [2.45, 2.75) is 23.8 Å². The van der Waals surface area contributed by atoms with Gasteiger partial charge in [0.1, 0.15) is 0 Å². The van der Waals surface area contributed by atoms with Gasteiger partial charge in [-0.2, -0.15) is 0 Å². The second-order valence-electron chi connectivity index (χ2n) is 5.93. The minimum atomic E-state index is -3.57. The van der Waals surface area contributed by atoms with Gasteiger partial charge in [-0.15, -0.1) is 0 Å². The van der Waals surface area contributed by atoms with Crippen molar-refractivity contribution in [2.24, 2.45) is 5.92 Å². The summed E-state index contributed by atoms with van der Waals surface area (Å²) in [7, 11) is -2.22. The highest BCUT2D eigenvalue weighted by Gasteiger charge is 2.33. The molecule has 1 amide bonds. The predicted octanol–water partition coefficient (Wildman–Crippen LogP) is 2.48. The quantitative estimate of drug-likeness (QED) is 0.845. The van der Waals surface area contributed by atoms with E-state index in [2.05, 4.69) is 10.0 Å². The van der Waals surface area contributed by atoms with Gasteiger partial charge in [0.25, 0.3) is 5.91 Å². The molecule has 2 aromatic carbocycles. The number of hydrogen-bond acceptors (Lipinski definition) is 3. The lowest BCUT2D eigenvalue weighted by molar-refractivity contribution is 0.0931. The van der Waals surface area contributed by atoms with Crippen LogP contribution in [0.15, 0.2) is 59.5 Å². The van der Waals surface area contributed by atoms with Crippen LogP contribution >= 0.6 is 0 Å². The van der Waals surface area contributed by atoms with E-state index in [4.69, 9.17) is 0 Å². The van der Waals surface area contributed by atoms with Crippen LogP contribution in [0.2, 0.25) is 0 Å². The SMILES string of the molecule is CNS(=O)(=O)c1cccc(C(=O)NC(c2ccccc2)C2CC2)c1. The van der Waals surface area contributed by atoms with E-state index >= 15 is 0 Å². The van der Waals surface area contributed by atoms with Gasteiger partial charge in [0, 0.05) is 5.56 Å². The van der Waals surface area contributed by atoms with Crippen molar-refractivity contribution < 1.29 is 13.2 Å². The lowest BCUT2D eigenvalue weighted by Crippen LogP contribution is -2.30. The maximum absolute atomic E-state index is 12.6. The van der Waals surface area contributed by atoms with E-state index in [1.807, 2.05) is 30.3 Å². The highest BCUT2D eigenvalue weighted by Crippen LogP contribution is 2.41. The summed E-state index contributed by atoms with van der Waals surface area (Å²) in [5, 5.41) is 3.05. The number of hydrogen-bond donors (Lipinski definition) is 2. The van der Waals surface area contributed by atoms with Crippen LogP contribution in [0.3, 0.4) is 0 Å². The molecule has 0 heterocycles. The molecule has 1 fully saturated rings. The third-order valence-electron chi connectivity index (χ3n) is 4.21. The van der Waals surface area contributed by atoms with E-state index in [-0.39, 0.29) is 16.8 Å². The zero-order valence-corrected chi connectivity index (χ0v) is 14.2. The smallest absolute Gasteiger partial charge is 0.251 e. The van der Waals surface area contributed by atoms with Crippen LogP contribution in [-0.4, -0.2) is 21.4 Å². The Morgan fingerprint density at radius 1 is 1.08 bits per heavy atom. The molecule has 2 aromatic rings. The monoisotopic (exact) mass is 344 g/mol. The van der Waals surface area contributed by atoms with Gasteiger partial charge < -0.3 is 5.32 Å². The fourth-order valence-corrected chi connectivity index (χ4v) is 3.49. The largest absolute Gasteiger partial charge is 0.345 e. The topological polar surface area (TPSA) is 75.3 Å². The summed E-state index contributed by atoms with van der Waals surface area (Å²) in [6.45, 7) is 0. The molecule has 0 aromatic heterocycles. The first kappa shape index (κ1) is 16.7. The van der Waals surface area contributed by atoms with E-state index in [1.165, 1.54) is 19.2 Å². The van der Waals surface area contributed by atoms with Crippen molar-refractivity contribution in [3.05, 3.63) is 65.7 Å². The van der Waals surface area contributed by atoms with Gasteiger partial charge >= 0.3 is 0 Å². The van der Waals surface area contributed by atoms with Crippen molar-refractivity contribution in [1.29, 1.82) is 0 Å². The molecule has 6 heteroatoms. The molecule has 1 unspecified atom stereocenters. The van der Waals surface area contributed by atoms with Crippen LogP contribution in [0.5, 0.6) is 0 Å². The zero-order chi connectivity index (χ0) is 17.2. The lowest BCUT2D eigenvalue weighted by Gasteiger charge is -2.19. The number of carbonyl (C=O) groups is 1. The Labute approximate surface area is 142 Å². The van der Waals surface area contributed by atoms with Gasteiger partial charge in [0.05, 0.1) is 10.9 Å². The van der Waals surface area contributed by atoms with Crippen LogP contribution in [0.1, 0.15) is 34.8 Å². The van der Waals surface area contributed by atoms with Gasteiger partial charge in [-0.05, 0) is 49.6 Å². The summed E-state index contributed by atoms with van der Waals surface area (Å²) in [5.74, 6) is 0.185. The molecule has 2 N–H and O–H groups in total. The van der Waals surface area contributed by atoms with Crippen LogP contribution < -0.4 is 10.0 Å². The second-order valence-corrected chi connectivity index (χ2v) is 7.82. The Bertz CT molecular complexity index is 830. The Kier molecular flexibility index (Phi) is 4.69. The maximum atomic E-state index is 12.6. The molecule has 126 valence electrons. The third-order valence-corrected chi connectivity index (χ3v) is 5.63. The molecule has 1 aliphatic rings. The molecule has 24 heavy (non-hydrogen) atoms. The number of nitrogens with one attached hydrogen (secondary N) is 2. The first-order chi connectivity index (χ1) is 11.5. The molecular weight excluding hydrogens is 324 g/mol. The van der Waals surface area contributed by atoms with Crippen molar-refractivity contribution in [1.82, 2.24) is 10.0 Å². The zero-order valence-electron chi connectivity index (χ0n) is 13.4. The molecule has 0 saturated heterocycles. The highest BCUT2D eigenvalue weighted by atomic mass is 32.2. The molecule has 5 nitrogen and oxygen atoms in total. The van der Waals surface area contributed by atoms with Gasteiger partial charge in [-0.3, -0.25) is 4.79 Å². The molecular formula is C18H20N2O3S. The van der Waals surface area contributed by atoms with Crippen LogP contribution in [0.4, 0.5) is 0 Å². The molecule has 0 radical (unpaired) electrons. The first-order valence-electron chi connectivity index (χ1n) is 7.90. The predicted molar refractivity (Wildman–Crippen MR) is 92.1 cm³/mol. The summed E-state index contributed by atoms with van der Waals surface area (Å²) < 4.78 is 26.0. The van der Waals surface area contributed by atoms with Crippen molar-refractivity contribution in [3.8, 4) is 0 Å². The fraction of sp³-hybridized carbons (Fsp3) is 0.278. The van der Waals surface area contributed by atoms with E-state index in [0.29, 0.717) is 11.5 Å². The van der Waals surface area contributed by atoms with Gasteiger partial charge in [-0.1, -0.05) is 36.4 Å². The van der Waals surface area contributed by atoms with Crippen molar-refractivity contribution >= 4 is 15.9 Å². The summed E-state index contributed by atoms with van der Waals surface area (Å²) in [5.41, 5.74) is 1.42. The number of sulfonamides is 1. The van der Waals surface area contributed by atoms with Crippen molar-refractivity contribution in [2.75, 3.05) is 7.05 Å². The average molecular weight is 344 g/mol. The van der Waals surface area contributed by atoms with E-state index in [1.54, 1.807) is 12.1 Å². The summed E-state index contributed by atoms with van der Waals surface area (Å²) in [6, 6.07) is 15.9. The Morgan fingerprint density at radius 3 is 2.42 bits per heavy atom. The number of rotatable bonds is 6. The normalized spacial score (nSPS) is 15.7. The molecule has 1 aliphatic carbocycles. The molecule has 1 atom stereocenters. The van der Waals surface area contributed by atoms with Crippen LogP contribution in [0, 0.1) is 5.92 Å². The van der Waals surface area contributed by atoms with Gasteiger partial charge in [0.2, 0.25) is 10.0 Å². The molecule has 1 saturated carbocycles. The minimum absolute atomic E-state index is 0.0386. The molecule has 0 bridgehead atoms. The van der Waals surface area contributed by atoms with Gasteiger partial charge in [-0.25, -0.2) is 13.1 Å². The Balaban J connectivity index is 1.83. The molecule has 0 spiro atoms. The molecule has 3 rings (SSSR count). The lowest BCUT2D eigenvalue weighted by atomic mass is 10.0. The van der Waals surface area contributed by atoms with E-state index < -0.39 is 10.0 Å². The van der Waals surface area contributed by atoms with Gasteiger partial charge in [0.15, 0.2) is 0 Å². The summed E-state index contributed by atoms with van der Waals surface area (Å²) >= 11 is 0. The number of carbonyl (C=O) groups excluding carboxylic acids is 1. The minimum Gasteiger partial charge on any atom is -0.345 e. The highest BCUT2D eigenvalue weighted by molar-refractivity contribution is 7.89.